The second kappa shape index (κ2) is 4.28. The van der Waals surface area contributed by atoms with E-state index in [-0.39, 0.29) is 6.04 Å². The molecule has 1 aromatic carbocycles. The van der Waals surface area contributed by atoms with E-state index in [2.05, 4.69) is 5.32 Å². The molecule has 0 amide bonds. The van der Waals surface area contributed by atoms with E-state index in [0.29, 0.717) is 10.6 Å². The lowest BCUT2D eigenvalue weighted by atomic mass is 10.0. The van der Waals surface area contributed by atoms with Gasteiger partial charge < -0.3 is 5.32 Å². The van der Waals surface area contributed by atoms with Crippen molar-refractivity contribution in [2.24, 2.45) is 0 Å². The first-order chi connectivity index (χ1) is 6.77. The minimum atomic E-state index is -0.934. The van der Waals surface area contributed by atoms with Gasteiger partial charge >= 0.3 is 0 Å². The number of rotatable bonds is 2. The Balaban J connectivity index is 2.13. The summed E-state index contributed by atoms with van der Waals surface area (Å²) in [5.74, 6) is 0. The van der Waals surface area contributed by atoms with E-state index in [1.54, 1.807) is 24.3 Å². The summed E-state index contributed by atoms with van der Waals surface area (Å²) in [6.07, 6.45) is 1.04. The van der Waals surface area contributed by atoms with Crippen molar-refractivity contribution in [1.82, 2.24) is 5.32 Å². The lowest BCUT2D eigenvalue weighted by Crippen LogP contribution is -2.26. The van der Waals surface area contributed by atoms with E-state index in [0.717, 1.165) is 19.4 Å². The van der Waals surface area contributed by atoms with Gasteiger partial charge in [-0.05, 0) is 37.1 Å². The van der Waals surface area contributed by atoms with Crippen LogP contribution >= 0.6 is 11.6 Å². The lowest BCUT2D eigenvalue weighted by Gasteiger charge is -2.16. The number of halogens is 2. The maximum atomic E-state index is 13.9. The molecular weight excluding hydrogens is 201 g/mol. The zero-order valence-electron chi connectivity index (χ0n) is 7.84. The van der Waals surface area contributed by atoms with Crippen molar-refractivity contribution >= 4 is 11.6 Å². The number of hydrogen-bond acceptors (Lipinski definition) is 1. The van der Waals surface area contributed by atoms with Gasteiger partial charge in [-0.25, -0.2) is 4.39 Å². The number of benzene rings is 1. The van der Waals surface area contributed by atoms with Crippen molar-refractivity contribution in [3.05, 3.63) is 34.9 Å². The Bertz CT molecular complexity index is 310. The van der Waals surface area contributed by atoms with Crippen LogP contribution in [0.15, 0.2) is 24.3 Å². The highest BCUT2D eigenvalue weighted by Gasteiger charge is 2.25. The third-order valence-corrected chi connectivity index (χ3v) is 2.85. The van der Waals surface area contributed by atoms with Gasteiger partial charge in [0, 0.05) is 11.1 Å². The molecule has 0 bridgehead atoms. The van der Waals surface area contributed by atoms with Gasteiger partial charge in [0.25, 0.3) is 0 Å². The molecule has 0 aliphatic carbocycles. The van der Waals surface area contributed by atoms with E-state index in [1.165, 1.54) is 0 Å². The average Bonchev–Trinajstić information content (AvgIpc) is 2.69. The Morgan fingerprint density at radius 2 is 2.36 bits per heavy atom. The maximum absolute atomic E-state index is 13.9. The summed E-state index contributed by atoms with van der Waals surface area (Å²) in [7, 11) is 0. The molecule has 2 atom stereocenters. The van der Waals surface area contributed by atoms with E-state index in [4.69, 9.17) is 11.6 Å². The average molecular weight is 214 g/mol. The highest BCUT2D eigenvalue weighted by molar-refractivity contribution is 6.30. The molecule has 1 heterocycles. The molecule has 1 fully saturated rings. The molecule has 1 aliphatic heterocycles. The molecular formula is C11H13ClFN. The molecule has 1 saturated heterocycles. The molecule has 1 aliphatic rings. The first-order valence-electron chi connectivity index (χ1n) is 4.90. The molecule has 14 heavy (non-hydrogen) atoms. The van der Waals surface area contributed by atoms with Crippen molar-refractivity contribution in [3.8, 4) is 0 Å². The molecule has 2 rings (SSSR count). The molecule has 3 heteroatoms. The topological polar surface area (TPSA) is 12.0 Å². The Morgan fingerprint density at radius 1 is 1.50 bits per heavy atom. The summed E-state index contributed by atoms with van der Waals surface area (Å²) in [6.45, 7) is 0.922. The second-order valence-electron chi connectivity index (χ2n) is 3.66. The van der Waals surface area contributed by atoms with Crippen LogP contribution < -0.4 is 5.32 Å². The Kier molecular flexibility index (Phi) is 3.04. The van der Waals surface area contributed by atoms with Gasteiger partial charge in [-0.2, -0.15) is 0 Å². The van der Waals surface area contributed by atoms with Crippen molar-refractivity contribution in [2.75, 3.05) is 6.54 Å². The van der Waals surface area contributed by atoms with Gasteiger partial charge in [0.05, 0.1) is 0 Å². The monoisotopic (exact) mass is 213 g/mol. The summed E-state index contributed by atoms with van der Waals surface area (Å²) in [5.41, 5.74) is 0.678. The summed E-state index contributed by atoms with van der Waals surface area (Å²) < 4.78 is 13.9. The standard InChI is InChI=1S/C11H13ClFN/c12-9-4-1-3-8(7-9)11(13)10-5-2-6-14-10/h1,3-4,7,10-11,14H,2,5-6H2. The van der Waals surface area contributed by atoms with Crippen molar-refractivity contribution in [1.29, 1.82) is 0 Å². The molecule has 1 nitrogen and oxygen atoms in total. The quantitative estimate of drug-likeness (QED) is 0.796. The highest BCUT2D eigenvalue weighted by atomic mass is 35.5. The maximum Gasteiger partial charge on any atom is 0.140 e. The normalized spacial score (nSPS) is 23.7. The van der Waals surface area contributed by atoms with Crippen molar-refractivity contribution < 1.29 is 4.39 Å². The molecule has 0 aromatic heterocycles. The Hall–Kier alpha value is -0.600. The highest BCUT2D eigenvalue weighted by Crippen LogP contribution is 2.28. The van der Waals surface area contributed by atoms with Crippen LogP contribution in [0.2, 0.25) is 5.02 Å². The lowest BCUT2D eigenvalue weighted by molar-refractivity contribution is 0.271. The van der Waals surface area contributed by atoms with Crippen LogP contribution in [0, 0.1) is 0 Å². The fourth-order valence-corrected chi connectivity index (χ4v) is 2.07. The zero-order chi connectivity index (χ0) is 9.97. The van der Waals surface area contributed by atoms with E-state index >= 15 is 0 Å². The van der Waals surface area contributed by atoms with Crippen LogP contribution in [0.1, 0.15) is 24.6 Å². The van der Waals surface area contributed by atoms with Crippen molar-refractivity contribution in [3.63, 3.8) is 0 Å². The van der Waals surface area contributed by atoms with E-state index < -0.39 is 6.17 Å². The minimum absolute atomic E-state index is 0.0338. The minimum Gasteiger partial charge on any atom is -0.311 e. The fourth-order valence-electron chi connectivity index (χ4n) is 1.87. The first kappa shape index (κ1) is 9.94. The zero-order valence-corrected chi connectivity index (χ0v) is 8.60. The first-order valence-corrected chi connectivity index (χ1v) is 5.28. The number of nitrogens with one attached hydrogen (secondary N) is 1. The van der Waals surface area contributed by atoms with Gasteiger partial charge in [0.1, 0.15) is 6.17 Å². The van der Waals surface area contributed by atoms with Crippen molar-refractivity contribution in [2.45, 2.75) is 25.1 Å². The van der Waals surface area contributed by atoms with Gasteiger partial charge in [0.2, 0.25) is 0 Å². The molecule has 0 spiro atoms. The number of alkyl halides is 1. The molecule has 76 valence electrons. The third-order valence-electron chi connectivity index (χ3n) is 2.62. The predicted molar refractivity (Wildman–Crippen MR) is 56.3 cm³/mol. The van der Waals surface area contributed by atoms with Crippen LogP contribution in [0.25, 0.3) is 0 Å². The van der Waals surface area contributed by atoms with Gasteiger partial charge in [-0.1, -0.05) is 23.7 Å². The summed E-state index contributed by atoms with van der Waals surface area (Å²) in [4.78, 5) is 0. The third kappa shape index (κ3) is 2.07. The molecule has 0 saturated carbocycles. The predicted octanol–water partition coefficient (Wildman–Crippen LogP) is 3.10. The second-order valence-corrected chi connectivity index (χ2v) is 4.10. The van der Waals surface area contributed by atoms with Gasteiger partial charge in [-0.15, -0.1) is 0 Å². The molecule has 0 radical (unpaired) electrons. The Morgan fingerprint density at radius 3 is 3.00 bits per heavy atom. The number of hydrogen-bond donors (Lipinski definition) is 1. The molecule has 2 unspecified atom stereocenters. The Labute approximate surface area is 88.3 Å². The van der Waals surface area contributed by atoms with Crippen LogP contribution in [0.4, 0.5) is 4.39 Å². The van der Waals surface area contributed by atoms with Crippen LogP contribution in [0.5, 0.6) is 0 Å². The summed E-state index contributed by atoms with van der Waals surface area (Å²) in [6, 6.07) is 7.01. The fraction of sp³-hybridized carbons (Fsp3) is 0.455. The molecule has 1 N–H and O–H groups in total. The van der Waals surface area contributed by atoms with Crippen LogP contribution in [0.3, 0.4) is 0 Å². The SMILES string of the molecule is FC(c1cccc(Cl)c1)C1CCCN1. The summed E-state index contributed by atoms with van der Waals surface area (Å²) in [5, 5.41) is 3.76. The van der Waals surface area contributed by atoms with Gasteiger partial charge in [-0.3, -0.25) is 0 Å². The largest absolute Gasteiger partial charge is 0.311 e. The van der Waals surface area contributed by atoms with Crippen LogP contribution in [-0.4, -0.2) is 12.6 Å². The smallest absolute Gasteiger partial charge is 0.140 e. The van der Waals surface area contributed by atoms with E-state index in [1.807, 2.05) is 0 Å². The van der Waals surface area contributed by atoms with Gasteiger partial charge in [0.15, 0.2) is 0 Å². The summed E-state index contributed by atoms with van der Waals surface area (Å²) >= 11 is 5.81. The van der Waals surface area contributed by atoms with E-state index in [9.17, 15) is 4.39 Å². The molecule has 1 aromatic rings. The van der Waals surface area contributed by atoms with Crippen LogP contribution in [-0.2, 0) is 0 Å².